The molecule has 4 aromatic carbocycles. The van der Waals surface area contributed by atoms with Crippen LogP contribution in [0.15, 0.2) is 237 Å². The minimum absolute atomic E-state index is 0.0588. The fourth-order valence-corrected chi connectivity index (χ4v) is 20.4. The third-order valence-corrected chi connectivity index (χ3v) is 28.6. The number of carbonyl (C=O) groups excluding carboxylic acids is 1. The molecule has 137 heavy (non-hydrogen) atoms. The molecule has 0 N–H and O–H groups in total. The second kappa shape index (κ2) is 46.0. The maximum atomic E-state index is 12.5. The van der Waals surface area contributed by atoms with Crippen LogP contribution in [-0.4, -0.2) is 201 Å². The lowest BCUT2D eigenvalue weighted by atomic mass is 10.0. The third-order valence-electron chi connectivity index (χ3n) is 27.7. The summed E-state index contributed by atoms with van der Waals surface area (Å²) < 4.78 is 15.5. The molecule has 0 unspecified atom stereocenters. The van der Waals surface area contributed by atoms with Crippen LogP contribution in [0.1, 0.15) is 207 Å². The van der Waals surface area contributed by atoms with E-state index in [0.29, 0.717) is 12.3 Å². The zero-order valence-electron chi connectivity index (χ0n) is 80.2. The number of benzene rings is 4. The number of aromatic nitrogens is 20. The van der Waals surface area contributed by atoms with Crippen LogP contribution < -0.4 is 0 Å². The summed E-state index contributed by atoms with van der Waals surface area (Å²) in [6.45, 7) is 24.9. The molecule has 17 aromatic rings. The van der Waals surface area contributed by atoms with E-state index in [1.54, 1.807) is 10.9 Å². The second-order valence-electron chi connectivity index (χ2n) is 38.3. The van der Waals surface area contributed by atoms with Crippen molar-refractivity contribution < 1.29 is 4.79 Å². The van der Waals surface area contributed by atoms with E-state index in [1.165, 1.54) is 237 Å². The van der Waals surface area contributed by atoms with Gasteiger partial charge in [-0.3, -0.25) is 23.5 Å². The van der Waals surface area contributed by atoms with Gasteiger partial charge < -0.3 is 19.6 Å². The first kappa shape index (κ1) is 93.4. The van der Waals surface area contributed by atoms with Gasteiger partial charge in [0.25, 0.3) is 0 Å². The molecule has 25 nitrogen and oxygen atoms in total. The Morgan fingerprint density at radius 2 is 0.650 bits per heavy atom. The molecule has 13 aromatic heterocycles. The molecule has 0 spiro atoms. The number of ketones is 1. The number of aryl methyl sites for hydroxylation is 5. The molecule has 4 aliphatic heterocycles. The first-order chi connectivity index (χ1) is 67.5. The molecule has 5 aliphatic rings. The van der Waals surface area contributed by atoms with Gasteiger partial charge in [0.1, 0.15) is 6.54 Å². The summed E-state index contributed by atoms with van der Waals surface area (Å²) in [7, 11) is 0. The molecule has 0 amide bonds. The Labute approximate surface area is 809 Å². The van der Waals surface area contributed by atoms with Crippen LogP contribution in [-0.2, 0) is 77.5 Å². The molecule has 4 saturated heterocycles. The summed E-state index contributed by atoms with van der Waals surface area (Å²) >= 11 is 1.45. The highest BCUT2D eigenvalue weighted by Gasteiger charge is 2.25. The lowest BCUT2D eigenvalue weighted by molar-refractivity contribution is 0.0971. The van der Waals surface area contributed by atoms with Gasteiger partial charge in [-0.05, 0) is 317 Å². The van der Waals surface area contributed by atoms with Crippen LogP contribution in [0.5, 0.6) is 0 Å². The normalized spacial score (nSPS) is 14.9. The van der Waals surface area contributed by atoms with E-state index in [2.05, 4.69) is 216 Å². The van der Waals surface area contributed by atoms with Crippen molar-refractivity contribution in [3.05, 3.63) is 310 Å². The first-order valence-electron chi connectivity index (χ1n) is 50.8. The Bertz CT molecular complexity index is 6650. The minimum atomic E-state index is 0.0588. The van der Waals surface area contributed by atoms with Crippen LogP contribution in [0.4, 0.5) is 0 Å². The number of hydrogen-bond acceptors (Lipinski definition) is 18. The minimum Gasteiger partial charge on any atom is -0.303 e. The van der Waals surface area contributed by atoms with Gasteiger partial charge in [0.15, 0.2) is 51.7 Å². The molecule has 0 radical (unpaired) electrons. The number of carbonyl (C=O) groups is 1. The zero-order valence-corrected chi connectivity index (χ0v) is 81.0. The summed E-state index contributed by atoms with van der Waals surface area (Å²) in [5, 5.41) is 39.3. The van der Waals surface area contributed by atoms with Crippen molar-refractivity contribution >= 4 is 39.7 Å². The lowest BCUT2D eigenvalue weighted by Crippen LogP contribution is -2.20. The van der Waals surface area contributed by atoms with E-state index in [1.807, 2.05) is 108 Å². The molecule has 1 aliphatic carbocycles. The highest BCUT2D eigenvalue weighted by molar-refractivity contribution is 7.12. The number of likely N-dealkylation sites (tertiary alicyclic amines) is 4. The molecular weight excluding hydrogens is 1720 g/mol. The number of hydrogen-bond donors (Lipinski definition) is 0. The monoisotopic (exact) mass is 1850 g/mol. The molecule has 0 bridgehead atoms. The number of rotatable bonds is 39. The smallest absolute Gasteiger partial charge is 0.194 e. The Kier molecular flexibility index (Phi) is 31.4. The maximum absolute atomic E-state index is 12.5. The van der Waals surface area contributed by atoms with E-state index in [0.717, 1.165) is 173 Å². The molecule has 17 heterocycles. The number of thiophene rings is 1. The SMILES string of the molecule is CCC(CC)Cn1cc(-c2cccc3nc(Cc4ccc(CCCN5CCCC5)cc4)nn23)cn1.CCCn1cc(-c2cccc3nc(Cc4ccc(CCCN5CCCC5)cc4)nn23)cn1.O=C(Cn1cc(-c2cccc3nc(Cc4ccc(CCCN5CCCC5)cc4)nn23)cn1)c1cccs1.c1cc(-c2cnn(CC3CC3)c2)n2nc(Cc3ccc(CCCN4CCCC4)cc3)nc2c1. The van der Waals surface area contributed by atoms with Gasteiger partial charge in [-0.25, -0.2) is 38.0 Å². The van der Waals surface area contributed by atoms with Gasteiger partial charge in [-0.1, -0.05) is 161 Å². The van der Waals surface area contributed by atoms with E-state index in [9.17, 15) is 4.79 Å². The standard InChI is InChI=1S/C29H30N6OS.C29H38N6.C27H32N6.C26H32N6/c36-26(27-8-5-17-37-27)21-34-20-24(19-30-34)25-7-3-9-29-31-28(32-35(25)29)18-23-12-10-22(11-13-23)6-4-16-33-14-1-2-15-33;1-3-23(4-2)21-34-22-26(20-30-34)27-10-7-11-29-31-28(32-35(27)29)19-25-14-12-24(13-15-25)9-8-18-33-16-5-6-17-33;1-2-15-31(14-1)16-4-5-21-8-10-22(11-9-21)17-26-29-27-7-3-6-25(33(27)30-26)24-18-28-32(20-24)19-23-12-13-23;1-2-14-31-20-23(19-27-31)24-8-5-9-26-28-25(29-32(24)26)18-22-12-10-21(11-13-22)7-6-17-30-15-3-4-16-30/h3,5,7-13,17,19-20H,1-2,4,6,14-16,18,21H2;7,10-15,20,22-23H,3-6,8-9,16-19,21H2,1-2H3;3,6-11,18,20,23H,1-2,4-5,12-17,19H2;5,8-13,19-20H,2-4,6-7,14-18H2,1H3. The average molecular weight is 1850 g/mol. The van der Waals surface area contributed by atoms with Crippen LogP contribution in [0.25, 0.3) is 67.6 Å². The molecule has 1 saturated carbocycles. The Hall–Kier alpha value is -12.6. The van der Waals surface area contributed by atoms with Crippen molar-refractivity contribution in [2.75, 3.05) is 78.5 Å². The van der Waals surface area contributed by atoms with Crippen LogP contribution >= 0.6 is 11.3 Å². The molecule has 0 atom stereocenters. The van der Waals surface area contributed by atoms with Gasteiger partial charge in [-0.2, -0.15) is 40.8 Å². The highest BCUT2D eigenvalue weighted by atomic mass is 32.1. The van der Waals surface area contributed by atoms with Gasteiger partial charge in [0.05, 0.1) is 52.4 Å². The van der Waals surface area contributed by atoms with Crippen LogP contribution in [0.2, 0.25) is 0 Å². The van der Waals surface area contributed by atoms with Crippen molar-refractivity contribution in [2.45, 2.75) is 207 Å². The fourth-order valence-electron chi connectivity index (χ4n) is 19.7. The summed E-state index contributed by atoms with van der Waals surface area (Å²) in [5.74, 6) is 4.87. The van der Waals surface area contributed by atoms with E-state index < -0.39 is 0 Å². The van der Waals surface area contributed by atoms with E-state index >= 15 is 0 Å². The molecule has 26 heteroatoms. The number of pyridine rings is 4. The summed E-state index contributed by atoms with van der Waals surface area (Å²) in [6.07, 6.45) is 45.3. The van der Waals surface area contributed by atoms with E-state index in [-0.39, 0.29) is 12.3 Å². The third kappa shape index (κ3) is 25.3. The van der Waals surface area contributed by atoms with Crippen molar-refractivity contribution in [1.29, 1.82) is 0 Å². The van der Waals surface area contributed by atoms with Crippen LogP contribution in [0.3, 0.4) is 0 Å². The van der Waals surface area contributed by atoms with Crippen molar-refractivity contribution in [2.24, 2.45) is 11.8 Å². The summed E-state index contributed by atoms with van der Waals surface area (Å²) in [6, 6.07) is 64.1. The lowest BCUT2D eigenvalue weighted by Gasteiger charge is -2.13. The van der Waals surface area contributed by atoms with Crippen LogP contribution in [0, 0.1) is 11.8 Å². The second-order valence-corrected chi connectivity index (χ2v) is 39.2. The molecule has 22 rings (SSSR count). The molecular formula is C111H132N24OS. The van der Waals surface area contributed by atoms with Gasteiger partial charge in [0.2, 0.25) is 0 Å². The van der Waals surface area contributed by atoms with Gasteiger partial charge in [0, 0.05) is 92.4 Å². The highest BCUT2D eigenvalue weighted by Crippen LogP contribution is 2.33. The number of Topliss-reactive ketones (excluding diaryl/α,β-unsaturated/α-hetero) is 1. The topological polar surface area (TPSA) is 222 Å². The predicted octanol–water partition coefficient (Wildman–Crippen LogP) is 20.0. The Morgan fingerprint density at radius 3 is 0.971 bits per heavy atom. The maximum Gasteiger partial charge on any atom is 0.194 e. The van der Waals surface area contributed by atoms with E-state index in [4.69, 9.17) is 40.3 Å². The number of fused-ring (bicyclic) bond motifs is 4. The molecule has 708 valence electrons. The summed E-state index contributed by atoms with van der Waals surface area (Å²) in [5.41, 5.74) is 22.2. The van der Waals surface area contributed by atoms with Crippen molar-refractivity contribution in [3.63, 3.8) is 0 Å². The van der Waals surface area contributed by atoms with Crippen molar-refractivity contribution in [1.82, 2.24) is 117 Å². The number of nitrogens with zero attached hydrogens (tertiary/aromatic N) is 24. The Morgan fingerprint density at radius 1 is 0.343 bits per heavy atom. The quantitative estimate of drug-likeness (QED) is 0.0327. The predicted molar refractivity (Wildman–Crippen MR) is 546 cm³/mol. The fraction of sp³-hybridized carbons (Fsp3) is 0.414. The van der Waals surface area contributed by atoms with Crippen molar-refractivity contribution in [3.8, 4) is 45.0 Å². The molecule has 5 fully saturated rings. The zero-order chi connectivity index (χ0) is 92.9. The average Bonchev–Trinajstić information content (AvgIpc) is 1.66. The largest absolute Gasteiger partial charge is 0.303 e. The van der Waals surface area contributed by atoms with Gasteiger partial charge in [-0.15, -0.1) is 11.3 Å². The van der Waals surface area contributed by atoms with Gasteiger partial charge >= 0.3 is 0 Å². The Balaban J connectivity index is 0.000000117. The first-order valence-corrected chi connectivity index (χ1v) is 51.7. The summed E-state index contributed by atoms with van der Waals surface area (Å²) in [4.78, 5) is 42.7.